The Morgan fingerprint density at radius 1 is 0.970 bits per heavy atom. The molecule has 0 spiro atoms. The molecule has 0 aliphatic carbocycles. The number of halogens is 3. The first-order valence-corrected chi connectivity index (χ1v) is 12.8. The van der Waals surface area contributed by atoms with Gasteiger partial charge < -0.3 is 10.1 Å². The van der Waals surface area contributed by atoms with E-state index in [0.29, 0.717) is 35.1 Å². The third kappa shape index (κ3) is 7.01. The van der Waals surface area contributed by atoms with E-state index in [1.54, 1.807) is 66.7 Å². The van der Waals surface area contributed by atoms with Crippen molar-refractivity contribution in [2.75, 3.05) is 23.7 Å². The number of amides is 1. The minimum Gasteiger partial charge on any atom is -0.492 e. The van der Waals surface area contributed by atoms with Crippen LogP contribution in [0.2, 0.25) is 15.1 Å². The SMILES string of the molecule is CS(=O)(=O)N(Cc1ccc(C(=O)NCCOc2ccc(Cl)cc2)cc1)c1cccc(Cl)c1Cl. The summed E-state index contributed by atoms with van der Waals surface area (Å²) in [6, 6.07) is 18.4. The summed E-state index contributed by atoms with van der Waals surface area (Å²) >= 11 is 18.1. The number of nitrogens with zero attached hydrogens (tertiary/aromatic N) is 1. The zero-order chi connectivity index (χ0) is 24.0. The summed E-state index contributed by atoms with van der Waals surface area (Å²) < 4.78 is 31.5. The van der Waals surface area contributed by atoms with E-state index in [4.69, 9.17) is 39.5 Å². The van der Waals surface area contributed by atoms with Gasteiger partial charge in [-0.3, -0.25) is 9.10 Å². The van der Waals surface area contributed by atoms with Crippen LogP contribution in [0.1, 0.15) is 15.9 Å². The van der Waals surface area contributed by atoms with Crippen molar-refractivity contribution in [1.82, 2.24) is 5.32 Å². The second kappa shape index (κ2) is 11.1. The van der Waals surface area contributed by atoms with E-state index < -0.39 is 10.0 Å². The fourth-order valence-corrected chi connectivity index (χ4v) is 4.43. The lowest BCUT2D eigenvalue weighted by molar-refractivity contribution is 0.0947. The summed E-state index contributed by atoms with van der Waals surface area (Å²) in [4.78, 5) is 12.4. The van der Waals surface area contributed by atoms with Crippen LogP contribution >= 0.6 is 34.8 Å². The molecule has 0 unspecified atom stereocenters. The molecule has 10 heteroatoms. The molecule has 3 aromatic rings. The number of anilines is 1. The van der Waals surface area contributed by atoms with E-state index >= 15 is 0 Å². The van der Waals surface area contributed by atoms with Gasteiger partial charge in [0.1, 0.15) is 12.4 Å². The zero-order valence-corrected chi connectivity index (χ0v) is 20.7. The number of carbonyl (C=O) groups excluding carboxylic acids is 1. The lowest BCUT2D eigenvalue weighted by Gasteiger charge is -2.24. The Bertz CT molecular complexity index is 1220. The van der Waals surface area contributed by atoms with Crippen molar-refractivity contribution in [3.63, 3.8) is 0 Å². The van der Waals surface area contributed by atoms with Gasteiger partial charge in [-0.25, -0.2) is 8.42 Å². The van der Waals surface area contributed by atoms with Gasteiger partial charge >= 0.3 is 0 Å². The predicted molar refractivity (Wildman–Crippen MR) is 133 cm³/mol. The monoisotopic (exact) mass is 526 g/mol. The second-order valence-electron chi connectivity index (χ2n) is 7.10. The molecule has 1 amide bonds. The summed E-state index contributed by atoms with van der Waals surface area (Å²) in [6.45, 7) is 0.656. The number of sulfonamides is 1. The van der Waals surface area contributed by atoms with Crippen LogP contribution in [-0.4, -0.2) is 33.7 Å². The van der Waals surface area contributed by atoms with Crippen molar-refractivity contribution < 1.29 is 17.9 Å². The third-order valence-electron chi connectivity index (χ3n) is 4.61. The van der Waals surface area contributed by atoms with Crippen LogP contribution in [0.15, 0.2) is 66.7 Å². The van der Waals surface area contributed by atoms with E-state index in [9.17, 15) is 13.2 Å². The molecular weight excluding hydrogens is 507 g/mol. The van der Waals surface area contributed by atoms with Gasteiger partial charge in [-0.15, -0.1) is 0 Å². The quantitative estimate of drug-likeness (QED) is 0.377. The summed E-state index contributed by atoms with van der Waals surface area (Å²) in [5.41, 5.74) is 1.41. The van der Waals surface area contributed by atoms with Gasteiger partial charge in [0.25, 0.3) is 5.91 Å². The molecule has 0 atom stereocenters. The highest BCUT2D eigenvalue weighted by atomic mass is 35.5. The van der Waals surface area contributed by atoms with Gasteiger partial charge in [0.2, 0.25) is 10.0 Å². The highest BCUT2D eigenvalue weighted by Crippen LogP contribution is 2.34. The minimum absolute atomic E-state index is 0.0374. The number of carbonyl (C=O) groups is 1. The van der Waals surface area contributed by atoms with E-state index in [1.807, 2.05) is 0 Å². The van der Waals surface area contributed by atoms with Crippen LogP contribution in [-0.2, 0) is 16.6 Å². The van der Waals surface area contributed by atoms with Gasteiger partial charge in [0, 0.05) is 10.6 Å². The molecule has 6 nitrogen and oxygen atoms in total. The largest absolute Gasteiger partial charge is 0.492 e. The number of ether oxygens (including phenoxy) is 1. The van der Waals surface area contributed by atoms with E-state index in [2.05, 4.69) is 5.32 Å². The maximum Gasteiger partial charge on any atom is 0.251 e. The molecule has 0 saturated heterocycles. The van der Waals surface area contributed by atoms with Gasteiger partial charge in [0.05, 0.1) is 35.1 Å². The lowest BCUT2D eigenvalue weighted by atomic mass is 10.1. The normalized spacial score (nSPS) is 11.2. The smallest absolute Gasteiger partial charge is 0.251 e. The van der Waals surface area contributed by atoms with Crippen LogP contribution in [0.25, 0.3) is 0 Å². The molecule has 3 rings (SSSR count). The van der Waals surface area contributed by atoms with Gasteiger partial charge in [-0.1, -0.05) is 53.0 Å². The van der Waals surface area contributed by atoms with E-state index in [-0.39, 0.29) is 28.2 Å². The van der Waals surface area contributed by atoms with Crippen molar-refractivity contribution >= 4 is 56.4 Å². The fourth-order valence-electron chi connectivity index (χ4n) is 2.96. The Balaban J connectivity index is 1.60. The number of rotatable bonds is 9. The molecular formula is C23H21Cl3N2O4S. The summed E-state index contributed by atoms with van der Waals surface area (Å²) in [6.07, 6.45) is 1.10. The van der Waals surface area contributed by atoms with E-state index in [1.165, 1.54) is 4.31 Å². The maximum atomic E-state index is 12.4. The summed E-state index contributed by atoms with van der Waals surface area (Å²) in [7, 11) is -3.63. The Kier molecular flexibility index (Phi) is 8.48. The molecule has 0 aliphatic heterocycles. The van der Waals surface area contributed by atoms with Crippen molar-refractivity contribution in [3.05, 3.63) is 92.9 Å². The van der Waals surface area contributed by atoms with Gasteiger partial charge in [0.15, 0.2) is 0 Å². The molecule has 3 aromatic carbocycles. The van der Waals surface area contributed by atoms with Gasteiger partial charge in [-0.2, -0.15) is 0 Å². The molecule has 0 heterocycles. The van der Waals surface area contributed by atoms with Crippen molar-refractivity contribution in [2.45, 2.75) is 6.54 Å². The molecule has 0 aliphatic rings. The lowest BCUT2D eigenvalue weighted by Crippen LogP contribution is -2.30. The molecule has 0 aromatic heterocycles. The molecule has 1 N–H and O–H groups in total. The van der Waals surface area contributed by atoms with E-state index in [0.717, 1.165) is 6.26 Å². The van der Waals surface area contributed by atoms with Crippen molar-refractivity contribution in [1.29, 1.82) is 0 Å². The highest BCUT2D eigenvalue weighted by molar-refractivity contribution is 7.92. The number of hydrogen-bond acceptors (Lipinski definition) is 4. The van der Waals surface area contributed by atoms with Crippen molar-refractivity contribution in [2.24, 2.45) is 0 Å². The van der Waals surface area contributed by atoms with Crippen LogP contribution < -0.4 is 14.4 Å². The molecule has 174 valence electrons. The van der Waals surface area contributed by atoms with Crippen LogP contribution in [0.4, 0.5) is 5.69 Å². The Morgan fingerprint density at radius 2 is 1.64 bits per heavy atom. The Labute approximate surface area is 208 Å². The van der Waals surface area contributed by atoms with Crippen LogP contribution in [0.5, 0.6) is 5.75 Å². The second-order valence-corrected chi connectivity index (χ2v) is 10.2. The third-order valence-corrected chi connectivity index (χ3v) is 6.80. The van der Waals surface area contributed by atoms with Crippen molar-refractivity contribution in [3.8, 4) is 5.75 Å². The van der Waals surface area contributed by atoms with Gasteiger partial charge in [-0.05, 0) is 54.1 Å². The van der Waals surface area contributed by atoms with Crippen LogP contribution in [0, 0.1) is 0 Å². The molecule has 0 fully saturated rings. The summed E-state index contributed by atoms with van der Waals surface area (Å²) in [5, 5.41) is 3.81. The molecule has 0 radical (unpaired) electrons. The Morgan fingerprint density at radius 3 is 2.27 bits per heavy atom. The first-order chi connectivity index (χ1) is 15.6. The first-order valence-electron chi connectivity index (χ1n) is 9.82. The molecule has 0 bridgehead atoms. The first kappa shape index (κ1) is 25.2. The topological polar surface area (TPSA) is 75.7 Å². The predicted octanol–water partition coefficient (Wildman–Crippen LogP) is 5.42. The minimum atomic E-state index is -3.63. The Hall–Kier alpha value is -2.45. The fraction of sp³-hybridized carbons (Fsp3) is 0.174. The number of nitrogens with one attached hydrogen (secondary N) is 1. The number of hydrogen-bond donors (Lipinski definition) is 1. The summed E-state index contributed by atoms with van der Waals surface area (Å²) in [5.74, 6) is 0.396. The maximum absolute atomic E-state index is 12.4. The number of benzene rings is 3. The average molecular weight is 528 g/mol. The molecule has 0 saturated carbocycles. The van der Waals surface area contributed by atoms with Crippen LogP contribution in [0.3, 0.4) is 0 Å². The highest BCUT2D eigenvalue weighted by Gasteiger charge is 2.21. The zero-order valence-electron chi connectivity index (χ0n) is 17.6. The molecule has 33 heavy (non-hydrogen) atoms. The average Bonchev–Trinajstić information content (AvgIpc) is 2.78. The standard InChI is InChI=1S/C23H21Cl3N2O4S/c1-33(30,31)28(21-4-2-3-20(25)22(21)26)15-16-5-7-17(8-6-16)23(29)27-13-14-32-19-11-9-18(24)10-12-19/h2-12H,13-15H2,1H3,(H,27,29).